The van der Waals surface area contributed by atoms with E-state index in [4.69, 9.17) is 5.26 Å². The van der Waals surface area contributed by atoms with E-state index in [1.807, 2.05) is 29.5 Å². The highest BCUT2D eigenvalue weighted by molar-refractivity contribution is 8.13. The number of nitriles is 1. The minimum Gasteiger partial charge on any atom is -0.338 e. The van der Waals surface area contributed by atoms with Gasteiger partial charge in [0.15, 0.2) is 11.4 Å². The molecular formula is C14H16N4OS. The first-order chi connectivity index (χ1) is 9.63. The quantitative estimate of drug-likeness (QED) is 0.371. The summed E-state index contributed by atoms with van der Waals surface area (Å²) in [6.07, 6.45) is 4.61. The summed E-state index contributed by atoms with van der Waals surface area (Å²) in [5.41, 5.74) is 3.19. The van der Waals surface area contributed by atoms with Crippen molar-refractivity contribution in [3.8, 4) is 6.19 Å². The number of hydrogen-bond donors (Lipinski definition) is 1. The topological polar surface area (TPSA) is 68.5 Å². The highest BCUT2D eigenvalue weighted by Crippen LogP contribution is 2.24. The average molecular weight is 288 g/mol. The van der Waals surface area contributed by atoms with Crippen molar-refractivity contribution in [1.82, 2.24) is 10.2 Å². The summed E-state index contributed by atoms with van der Waals surface area (Å²) >= 11 is 1.38. The zero-order valence-corrected chi connectivity index (χ0v) is 12.3. The van der Waals surface area contributed by atoms with Crippen LogP contribution in [0, 0.1) is 11.5 Å². The Labute approximate surface area is 122 Å². The minimum absolute atomic E-state index is 0.0977. The molecule has 2 rings (SSSR count). The number of aliphatic imine (C=N–C) groups is 1. The number of rotatable bonds is 1. The van der Waals surface area contributed by atoms with Crippen molar-refractivity contribution in [2.75, 3.05) is 12.8 Å². The van der Waals surface area contributed by atoms with Crippen molar-refractivity contribution in [1.29, 1.82) is 5.26 Å². The largest absolute Gasteiger partial charge is 0.338 e. The number of amidine groups is 1. The van der Waals surface area contributed by atoms with Gasteiger partial charge in [0.2, 0.25) is 5.91 Å². The van der Waals surface area contributed by atoms with E-state index < -0.39 is 0 Å². The molecule has 20 heavy (non-hydrogen) atoms. The van der Waals surface area contributed by atoms with Crippen LogP contribution < -0.4 is 5.32 Å². The normalized spacial score (nSPS) is 14.4. The molecule has 0 saturated heterocycles. The molecular weight excluding hydrogens is 272 g/mol. The number of benzene rings is 1. The maximum Gasteiger partial charge on any atom is 0.219 e. The van der Waals surface area contributed by atoms with Crippen LogP contribution in [0.2, 0.25) is 0 Å². The van der Waals surface area contributed by atoms with Crippen molar-refractivity contribution in [2.24, 2.45) is 4.99 Å². The van der Waals surface area contributed by atoms with Crippen LogP contribution in [0.3, 0.4) is 0 Å². The van der Waals surface area contributed by atoms with Crippen molar-refractivity contribution in [2.45, 2.75) is 19.9 Å². The molecule has 0 atom stereocenters. The zero-order chi connectivity index (χ0) is 14.5. The Hall–Kier alpha value is -2.00. The van der Waals surface area contributed by atoms with Gasteiger partial charge in [-0.15, -0.1) is 0 Å². The number of thioether (sulfide) groups is 1. The fraction of sp³-hybridized carbons (Fsp3) is 0.357. The molecule has 0 unspecified atom stereocenters. The number of amides is 1. The van der Waals surface area contributed by atoms with E-state index in [1.54, 1.807) is 6.92 Å². The van der Waals surface area contributed by atoms with E-state index >= 15 is 0 Å². The van der Waals surface area contributed by atoms with Crippen molar-refractivity contribution in [3.63, 3.8) is 0 Å². The Balaban J connectivity index is 2.25. The van der Waals surface area contributed by atoms with Gasteiger partial charge in [-0.3, -0.25) is 10.1 Å². The van der Waals surface area contributed by atoms with Gasteiger partial charge in [0.1, 0.15) is 0 Å². The van der Waals surface area contributed by atoms with Crippen LogP contribution in [-0.4, -0.2) is 28.8 Å². The number of hydrogen-bond acceptors (Lipinski definition) is 4. The maximum absolute atomic E-state index is 11.5. The molecule has 0 radical (unpaired) electrons. The first kappa shape index (κ1) is 14.4. The first-order valence-corrected chi connectivity index (χ1v) is 7.51. The van der Waals surface area contributed by atoms with E-state index in [-0.39, 0.29) is 5.91 Å². The number of nitrogens with zero attached hydrogens (tertiary/aromatic N) is 3. The van der Waals surface area contributed by atoms with Gasteiger partial charge in [-0.05, 0) is 35.9 Å². The lowest BCUT2D eigenvalue weighted by Gasteiger charge is -2.28. The Morgan fingerprint density at radius 3 is 2.95 bits per heavy atom. The minimum atomic E-state index is 0.0977. The summed E-state index contributed by atoms with van der Waals surface area (Å²) in [6, 6.07) is 5.98. The molecule has 0 spiro atoms. The third kappa shape index (κ3) is 3.31. The van der Waals surface area contributed by atoms with Crippen molar-refractivity contribution >= 4 is 28.5 Å². The van der Waals surface area contributed by atoms with Crippen molar-refractivity contribution < 1.29 is 4.79 Å². The molecule has 0 aliphatic carbocycles. The van der Waals surface area contributed by atoms with Crippen LogP contribution in [-0.2, 0) is 17.8 Å². The smallest absolute Gasteiger partial charge is 0.219 e. The predicted octanol–water partition coefficient (Wildman–Crippen LogP) is 2.01. The zero-order valence-electron chi connectivity index (χ0n) is 11.5. The van der Waals surface area contributed by atoms with Crippen LogP contribution in [0.4, 0.5) is 5.69 Å². The van der Waals surface area contributed by atoms with Crippen LogP contribution in [0.25, 0.3) is 0 Å². The molecule has 0 fully saturated rings. The molecule has 104 valence electrons. The number of carbonyl (C=O) groups is 1. The highest BCUT2D eigenvalue weighted by Gasteiger charge is 2.18. The molecule has 0 aromatic heterocycles. The summed E-state index contributed by atoms with van der Waals surface area (Å²) in [7, 11) is 0. The van der Waals surface area contributed by atoms with Crippen LogP contribution in [0.1, 0.15) is 18.1 Å². The molecule has 1 aliphatic rings. The maximum atomic E-state index is 11.5. The first-order valence-electron chi connectivity index (χ1n) is 6.29. The Morgan fingerprint density at radius 1 is 1.50 bits per heavy atom. The fourth-order valence-corrected chi connectivity index (χ4v) is 2.52. The van der Waals surface area contributed by atoms with Gasteiger partial charge in [0.05, 0.1) is 5.69 Å². The highest BCUT2D eigenvalue weighted by atomic mass is 32.2. The van der Waals surface area contributed by atoms with E-state index in [1.165, 1.54) is 17.3 Å². The SMILES string of the molecule is CSC(=Nc1ccc2c(c1)CN(C(C)=O)CC2)NC#N. The van der Waals surface area contributed by atoms with E-state index in [0.29, 0.717) is 11.7 Å². The van der Waals surface area contributed by atoms with Gasteiger partial charge < -0.3 is 4.90 Å². The number of nitrogens with one attached hydrogen (secondary N) is 1. The van der Waals surface area contributed by atoms with E-state index in [2.05, 4.69) is 16.4 Å². The molecule has 0 bridgehead atoms. The molecule has 1 aromatic rings. The van der Waals surface area contributed by atoms with Gasteiger partial charge in [-0.1, -0.05) is 17.8 Å². The monoisotopic (exact) mass is 288 g/mol. The molecule has 5 nitrogen and oxygen atoms in total. The lowest BCUT2D eigenvalue weighted by Crippen LogP contribution is -2.34. The average Bonchev–Trinajstić information content (AvgIpc) is 2.45. The lowest BCUT2D eigenvalue weighted by atomic mass is 9.99. The molecule has 1 amide bonds. The van der Waals surface area contributed by atoms with Crippen molar-refractivity contribution in [3.05, 3.63) is 29.3 Å². The third-order valence-electron chi connectivity index (χ3n) is 3.23. The Bertz CT molecular complexity index is 591. The van der Waals surface area contributed by atoms with Gasteiger partial charge >= 0.3 is 0 Å². The van der Waals surface area contributed by atoms with Crippen LogP contribution in [0.15, 0.2) is 23.2 Å². The molecule has 6 heteroatoms. The Kier molecular flexibility index (Phi) is 4.64. The summed E-state index contributed by atoms with van der Waals surface area (Å²) in [5, 5.41) is 11.7. The molecule has 1 heterocycles. The van der Waals surface area contributed by atoms with Crippen LogP contribution in [0.5, 0.6) is 0 Å². The Morgan fingerprint density at radius 2 is 2.30 bits per heavy atom. The standard InChI is InChI=1S/C14H16N4OS/c1-10(19)18-6-5-11-3-4-13(7-12(11)8-18)17-14(20-2)16-9-15/h3-4,7H,5-6,8H2,1-2H3,(H,16,17). The van der Waals surface area contributed by atoms with Crippen LogP contribution >= 0.6 is 11.8 Å². The molecule has 1 aliphatic heterocycles. The van der Waals surface area contributed by atoms with Gasteiger partial charge in [0.25, 0.3) is 0 Å². The lowest BCUT2D eigenvalue weighted by molar-refractivity contribution is -0.129. The number of fused-ring (bicyclic) bond motifs is 1. The molecule has 0 saturated carbocycles. The molecule has 1 N–H and O–H groups in total. The predicted molar refractivity (Wildman–Crippen MR) is 80.6 cm³/mol. The molecule has 1 aromatic carbocycles. The number of carbonyl (C=O) groups excluding carboxylic acids is 1. The van der Waals surface area contributed by atoms with Gasteiger partial charge in [0, 0.05) is 20.0 Å². The van der Waals surface area contributed by atoms with E-state index in [9.17, 15) is 4.79 Å². The van der Waals surface area contributed by atoms with Gasteiger partial charge in [-0.2, -0.15) is 5.26 Å². The summed E-state index contributed by atoms with van der Waals surface area (Å²) in [6.45, 7) is 3.00. The van der Waals surface area contributed by atoms with Gasteiger partial charge in [-0.25, -0.2) is 4.99 Å². The van der Waals surface area contributed by atoms with E-state index in [0.717, 1.165) is 24.2 Å². The third-order valence-corrected chi connectivity index (χ3v) is 3.81. The fourth-order valence-electron chi connectivity index (χ4n) is 2.17. The summed E-state index contributed by atoms with van der Waals surface area (Å²) in [5.74, 6) is 0.0977. The summed E-state index contributed by atoms with van der Waals surface area (Å²) < 4.78 is 0. The summed E-state index contributed by atoms with van der Waals surface area (Å²) in [4.78, 5) is 17.7. The second-order valence-corrected chi connectivity index (χ2v) is 5.30. The second-order valence-electron chi connectivity index (χ2n) is 4.50. The second kappa shape index (κ2) is 6.44.